The Balaban J connectivity index is 1.58. The van der Waals surface area contributed by atoms with Gasteiger partial charge in [-0.25, -0.2) is 8.42 Å². The summed E-state index contributed by atoms with van der Waals surface area (Å²) in [6.45, 7) is 3.08. The normalized spacial score (nSPS) is 15.0. The molecule has 0 unspecified atom stereocenters. The van der Waals surface area contributed by atoms with E-state index >= 15 is 0 Å². The van der Waals surface area contributed by atoms with Gasteiger partial charge < -0.3 is 10.2 Å². The molecule has 0 saturated carbocycles. The molecule has 1 aliphatic heterocycles. The molecule has 0 bridgehead atoms. The minimum atomic E-state index is -3.47. The lowest BCUT2D eigenvalue weighted by molar-refractivity contribution is -0.128. The van der Waals surface area contributed by atoms with Crippen LogP contribution < -0.4 is 5.32 Å². The Kier molecular flexibility index (Phi) is 8.63. The number of anilines is 1. The molecule has 7 nitrogen and oxygen atoms in total. The molecule has 3 rings (SSSR count). The Morgan fingerprint density at radius 2 is 1.61 bits per heavy atom. The number of carbonyl (C=O) groups excluding carboxylic acids is 2. The fraction of sp³-hybridized carbons (Fsp3) is 0.440. The summed E-state index contributed by atoms with van der Waals surface area (Å²) in [6, 6.07) is 14.3. The largest absolute Gasteiger partial charge is 0.342 e. The summed E-state index contributed by atoms with van der Waals surface area (Å²) in [6.07, 6.45) is 4.73. The molecule has 1 heterocycles. The summed E-state index contributed by atoms with van der Waals surface area (Å²) in [5.41, 5.74) is 2.46. The van der Waals surface area contributed by atoms with Gasteiger partial charge in [-0.2, -0.15) is 4.31 Å². The van der Waals surface area contributed by atoms with Crippen LogP contribution >= 0.6 is 0 Å². The lowest BCUT2D eigenvalue weighted by Crippen LogP contribution is -2.31. The van der Waals surface area contributed by atoms with Crippen molar-refractivity contribution in [3.8, 4) is 0 Å². The number of benzene rings is 2. The van der Waals surface area contributed by atoms with E-state index < -0.39 is 10.0 Å². The van der Waals surface area contributed by atoms with Crippen LogP contribution in [0.2, 0.25) is 0 Å². The molecular formula is C25H33N3O4S. The molecule has 0 atom stereocenters. The number of carbonyl (C=O) groups is 2. The van der Waals surface area contributed by atoms with Crippen LogP contribution in [0.4, 0.5) is 5.69 Å². The van der Waals surface area contributed by atoms with Crippen LogP contribution in [0.15, 0.2) is 53.4 Å². The molecule has 33 heavy (non-hydrogen) atoms. The molecule has 0 radical (unpaired) electrons. The minimum absolute atomic E-state index is 0.0440. The molecule has 0 aliphatic carbocycles. The highest BCUT2D eigenvalue weighted by molar-refractivity contribution is 7.89. The summed E-state index contributed by atoms with van der Waals surface area (Å²) in [5.74, 6) is -0.174. The van der Waals surface area contributed by atoms with E-state index in [9.17, 15) is 18.0 Å². The first kappa shape index (κ1) is 24.9. The first-order chi connectivity index (χ1) is 15.8. The Labute approximate surface area is 196 Å². The maximum Gasteiger partial charge on any atom is 0.243 e. The second kappa shape index (κ2) is 11.4. The van der Waals surface area contributed by atoms with Crippen LogP contribution in [0.3, 0.4) is 0 Å². The van der Waals surface area contributed by atoms with Gasteiger partial charge in [-0.05, 0) is 48.6 Å². The summed E-state index contributed by atoms with van der Waals surface area (Å²) in [5, 5.41) is 2.93. The molecule has 2 aromatic rings. The van der Waals surface area contributed by atoms with Gasteiger partial charge in [0.25, 0.3) is 0 Å². The zero-order valence-corrected chi connectivity index (χ0v) is 20.2. The Morgan fingerprint density at radius 1 is 0.970 bits per heavy atom. The van der Waals surface area contributed by atoms with Gasteiger partial charge >= 0.3 is 0 Å². The SMILES string of the molecule is CC(=O)N(C)Cc1ccccc1NC(=O)CCc1ccc(S(=O)(=O)N2CCCCCC2)cc1. The van der Waals surface area contributed by atoms with Crippen molar-refractivity contribution in [2.45, 2.75) is 56.9 Å². The number of aryl methyl sites for hydroxylation is 1. The Bertz CT molecular complexity index is 1060. The monoisotopic (exact) mass is 471 g/mol. The van der Waals surface area contributed by atoms with Crippen molar-refractivity contribution in [1.82, 2.24) is 9.21 Å². The van der Waals surface area contributed by atoms with Gasteiger partial charge in [0.1, 0.15) is 0 Å². The van der Waals surface area contributed by atoms with Crippen molar-refractivity contribution in [1.29, 1.82) is 0 Å². The number of para-hydroxylation sites is 1. The topological polar surface area (TPSA) is 86.8 Å². The van der Waals surface area contributed by atoms with Gasteiger partial charge in [0.15, 0.2) is 0 Å². The number of nitrogens with zero attached hydrogens (tertiary/aromatic N) is 2. The van der Waals surface area contributed by atoms with Crippen LogP contribution in [-0.4, -0.2) is 49.6 Å². The van der Waals surface area contributed by atoms with E-state index in [1.165, 1.54) is 6.92 Å². The average molecular weight is 472 g/mol. The van der Waals surface area contributed by atoms with E-state index in [-0.39, 0.29) is 18.2 Å². The van der Waals surface area contributed by atoms with Crippen molar-refractivity contribution < 1.29 is 18.0 Å². The van der Waals surface area contributed by atoms with Crippen LogP contribution in [0, 0.1) is 0 Å². The standard InChI is InChI=1S/C25H33N3O4S/c1-20(29)27(2)19-22-9-5-6-10-24(22)26-25(30)16-13-21-11-14-23(15-12-21)33(31,32)28-17-7-3-4-8-18-28/h5-6,9-12,14-15H,3-4,7-8,13,16-19H2,1-2H3,(H,26,30). The molecule has 0 aromatic heterocycles. The number of rotatable bonds is 8. The molecule has 2 amide bonds. The molecule has 178 valence electrons. The molecule has 1 saturated heterocycles. The van der Waals surface area contributed by atoms with E-state index in [1.807, 2.05) is 24.3 Å². The Morgan fingerprint density at radius 3 is 2.24 bits per heavy atom. The highest BCUT2D eigenvalue weighted by atomic mass is 32.2. The molecule has 0 spiro atoms. The van der Waals surface area contributed by atoms with Crippen LogP contribution in [-0.2, 0) is 32.6 Å². The fourth-order valence-electron chi connectivity index (χ4n) is 3.88. The van der Waals surface area contributed by atoms with E-state index in [0.717, 1.165) is 36.8 Å². The fourth-order valence-corrected chi connectivity index (χ4v) is 5.39. The molecule has 1 N–H and O–H groups in total. The number of hydrogen-bond acceptors (Lipinski definition) is 4. The second-order valence-electron chi connectivity index (χ2n) is 8.54. The molecule has 1 aliphatic rings. The van der Waals surface area contributed by atoms with Crippen molar-refractivity contribution >= 4 is 27.5 Å². The zero-order chi connectivity index (χ0) is 23.8. The van der Waals surface area contributed by atoms with Crippen molar-refractivity contribution in [3.05, 3.63) is 59.7 Å². The molecule has 1 fully saturated rings. The quantitative estimate of drug-likeness (QED) is 0.634. The van der Waals surface area contributed by atoms with Crippen LogP contribution in [0.25, 0.3) is 0 Å². The summed E-state index contributed by atoms with van der Waals surface area (Å²) in [4.78, 5) is 26.0. The molecular weight excluding hydrogens is 438 g/mol. The minimum Gasteiger partial charge on any atom is -0.342 e. The van der Waals surface area contributed by atoms with Crippen LogP contribution in [0.5, 0.6) is 0 Å². The van der Waals surface area contributed by atoms with E-state index in [2.05, 4.69) is 5.32 Å². The van der Waals surface area contributed by atoms with Gasteiger partial charge in [0.05, 0.1) is 4.90 Å². The van der Waals surface area contributed by atoms with E-state index in [0.29, 0.717) is 36.6 Å². The molecule has 8 heteroatoms. The van der Waals surface area contributed by atoms with Crippen molar-refractivity contribution in [2.75, 3.05) is 25.5 Å². The van der Waals surface area contributed by atoms with Gasteiger partial charge in [-0.3, -0.25) is 9.59 Å². The lowest BCUT2D eigenvalue weighted by atomic mass is 10.1. The predicted octanol–water partition coefficient (Wildman–Crippen LogP) is 3.80. The summed E-state index contributed by atoms with van der Waals surface area (Å²) < 4.78 is 27.4. The highest BCUT2D eigenvalue weighted by Crippen LogP contribution is 2.21. The number of hydrogen-bond donors (Lipinski definition) is 1. The first-order valence-electron chi connectivity index (χ1n) is 11.5. The van der Waals surface area contributed by atoms with E-state index in [1.54, 1.807) is 40.5 Å². The van der Waals surface area contributed by atoms with Gasteiger partial charge in [-0.1, -0.05) is 43.2 Å². The van der Waals surface area contributed by atoms with Gasteiger partial charge in [-0.15, -0.1) is 0 Å². The average Bonchev–Trinajstić information content (AvgIpc) is 3.09. The number of nitrogens with one attached hydrogen (secondary N) is 1. The third-order valence-electron chi connectivity index (χ3n) is 6.00. The Hall–Kier alpha value is -2.71. The van der Waals surface area contributed by atoms with Gasteiger partial charge in [0, 0.05) is 45.7 Å². The highest BCUT2D eigenvalue weighted by Gasteiger charge is 2.24. The van der Waals surface area contributed by atoms with Crippen molar-refractivity contribution in [2.24, 2.45) is 0 Å². The number of amides is 2. The van der Waals surface area contributed by atoms with E-state index in [4.69, 9.17) is 0 Å². The summed E-state index contributed by atoms with van der Waals surface area (Å²) in [7, 11) is -1.75. The molecule has 2 aromatic carbocycles. The first-order valence-corrected chi connectivity index (χ1v) is 12.9. The van der Waals surface area contributed by atoms with Crippen LogP contribution in [0.1, 0.15) is 50.2 Å². The predicted molar refractivity (Wildman–Crippen MR) is 129 cm³/mol. The third-order valence-corrected chi connectivity index (χ3v) is 7.92. The summed E-state index contributed by atoms with van der Waals surface area (Å²) >= 11 is 0. The third kappa shape index (κ3) is 6.88. The zero-order valence-electron chi connectivity index (χ0n) is 19.4. The number of sulfonamides is 1. The lowest BCUT2D eigenvalue weighted by Gasteiger charge is -2.20. The maximum atomic E-state index is 12.9. The second-order valence-corrected chi connectivity index (χ2v) is 10.5. The van der Waals surface area contributed by atoms with Crippen molar-refractivity contribution in [3.63, 3.8) is 0 Å². The van der Waals surface area contributed by atoms with Gasteiger partial charge in [0.2, 0.25) is 21.8 Å². The smallest absolute Gasteiger partial charge is 0.243 e. The maximum absolute atomic E-state index is 12.9.